The van der Waals surface area contributed by atoms with Crippen LogP contribution in [-0.4, -0.2) is 28.9 Å². The van der Waals surface area contributed by atoms with Crippen molar-refractivity contribution in [3.05, 3.63) is 45.4 Å². The highest BCUT2D eigenvalue weighted by atomic mass is 32.1. The van der Waals surface area contributed by atoms with E-state index in [0.717, 1.165) is 40.9 Å². The number of nitrogens with one attached hydrogen (secondary N) is 1. The number of carbonyl (C=O) groups excluding carboxylic acids is 1. The molecule has 4 nitrogen and oxygen atoms in total. The van der Waals surface area contributed by atoms with Crippen molar-refractivity contribution in [3.63, 3.8) is 0 Å². The summed E-state index contributed by atoms with van der Waals surface area (Å²) in [4.78, 5) is 20.2. The summed E-state index contributed by atoms with van der Waals surface area (Å²) >= 11 is 1.52. The van der Waals surface area contributed by atoms with Crippen molar-refractivity contribution < 1.29 is 4.79 Å². The molecule has 0 aliphatic carbocycles. The van der Waals surface area contributed by atoms with Crippen molar-refractivity contribution in [3.8, 4) is 0 Å². The Morgan fingerprint density at radius 1 is 1.17 bits per heavy atom. The molecule has 0 saturated carbocycles. The number of benzene rings is 1. The van der Waals surface area contributed by atoms with E-state index in [1.165, 1.54) is 36.2 Å². The molecule has 1 saturated heterocycles. The third-order valence-electron chi connectivity index (χ3n) is 4.16. The smallest absolute Gasteiger partial charge is 0.267 e. The number of amides is 1. The van der Waals surface area contributed by atoms with Crippen molar-refractivity contribution in [2.75, 3.05) is 18.4 Å². The summed E-state index contributed by atoms with van der Waals surface area (Å²) in [5, 5.41) is 4.00. The standard InChI is InChI=1S/C18H23N3OS/c1-13-6-8-15(9-7-13)20-18(22)17-14(2)19-16(23-17)12-21-10-4-3-5-11-21/h6-9H,3-5,10-12H2,1-2H3,(H,20,22). The summed E-state index contributed by atoms with van der Waals surface area (Å²) in [7, 11) is 0. The molecule has 0 radical (unpaired) electrons. The first kappa shape index (κ1) is 16.1. The number of hydrogen-bond donors (Lipinski definition) is 1. The van der Waals surface area contributed by atoms with E-state index in [1.807, 2.05) is 38.1 Å². The fraction of sp³-hybridized carbons (Fsp3) is 0.444. The molecule has 0 atom stereocenters. The first-order valence-electron chi connectivity index (χ1n) is 8.18. The van der Waals surface area contributed by atoms with E-state index in [4.69, 9.17) is 0 Å². The summed E-state index contributed by atoms with van der Waals surface area (Å²) in [6.07, 6.45) is 3.87. The molecule has 5 heteroatoms. The highest BCUT2D eigenvalue weighted by molar-refractivity contribution is 7.13. The van der Waals surface area contributed by atoms with Gasteiger partial charge in [0.1, 0.15) is 9.88 Å². The number of likely N-dealkylation sites (tertiary alicyclic amines) is 1. The van der Waals surface area contributed by atoms with E-state index >= 15 is 0 Å². The van der Waals surface area contributed by atoms with E-state index < -0.39 is 0 Å². The number of aromatic nitrogens is 1. The van der Waals surface area contributed by atoms with Crippen LogP contribution in [0.25, 0.3) is 0 Å². The van der Waals surface area contributed by atoms with Gasteiger partial charge in [-0.1, -0.05) is 24.1 Å². The van der Waals surface area contributed by atoms with Crippen molar-refractivity contribution >= 4 is 22.9 Å². The van der Waals surface area contributed by atoms with Crippen LogP contribution in [0.3, 0.4) is 0 Å². The van der Waals surface area contributed by atoms with Crippen LogP contribution in [0.2, 0.25) is 0 Å². The molecule has 1 aliphatic rings. The number of aryl methyl sites for hydroxylation is 2. The molecular weight excluding hydrogens is 306 g/mol. The Bertz CT molecular complexity index is 672. The second kappa shape index (κ2) is 7.23. The average Bonchev–Trinajstić information content (AvgIpc) is 2.91. The van der Waals surface area contributed by atoms with Gasteiger partial charge in [-0.25, -0.2) is 4.98 Å². The second-order valence-electron chi connectivity index (χ2n) is 6.18. The van der Waals surface area contributed by atoms with Crippen LogP contribution in [-0.2, 0) is 6.54 Å². The third-order valence-corrected chi connectivity index (χ3v) is 5.31. The van der Waals surface area contributed by atoms with E-state index in [0.29, 0.717) is 0 Å². The maximum absolute atomic E-state index is 12.5. The van der Waals surface area contributed by atoms with Crippen molar-refractivity contribution in [1.82, 2.24) is 9.88 Å². The van der Waals surface area contributed by atoms with E-state index in [2.05, 4.69) is 15.2 Å². The van der Waals surface area contributed by atoms with E-state index in [1.54, 1.807) is 0 Å². The van der Waals surface area contributed by atoms with Gasteiger partial charge in [0.25, 0.3) is 5.91 Å². The first-order valence-corrected chi connectivity index (χ1v) is 9.00. The number of rotatable bonds is 4. The molecule has 1 fully saturated rings. The highest BCUT2D eigenvalue weighted by Crippen LogP contribution is 2.22. The third kappa shape index (κ3) is 4.18. The fourth-order valence-electron chi connectivity index (χ4n) is 2.86. The molecule has 3 rings (SSSR count). The molecule has 2 aromatic rings. The van der Waals surface area contributed by atoms with Crippen LogP contribution >= 0.6 is 11.3 Å². The van der Waals surface area contributed by atoms with Crippen LogP contribution in [0.1, 0.15) is 45.2 Å². The van der Waals surface area contributed by atoms with Crippen LogP contribution < -0.4 is 5.32 Å². The lowest BCUT2D eigenvalue weighted by Gasteiger charge is -2.25. The molecule has 0 spiro atoms. The lowest BCUT2D eigenvalue weighted by atomic mass is 10.1. The summed E-state index contributed by atoms with van der Waals surface area (Å²) in [5.41, 5.74) is 2.83. The molecule has 1 aliphatic heterocycles. The minimum atomic E-state index is -0.0613. The lowest BCUT2D eigenvalue weighted by molar-refractivity contribution is 0.103. The molecule has 1 N–H and O–H groups in total. The maximum Gasteiger partial charge on any atom is 0.267 e. The molecule has 1 aromatic heterocycles. The number of nitrogens with zero attached hydrogens (tertiary/aromatic N) is 2. The van der Waals surface area contributed by atoms with E-state index in [-0.39, 0.29) is 5.91 Å². The summed E-state index contributed by atoms with van der Waals surface area (Å²) in [6, 6.07) is 7.85. The zero-order valence-corrected chi connectivity index (χ0v) is 14.6. The van der Waals surface area contributed by atoms with Gasteiger partial charge in [0, 0.05) is 5.69 Å². The fourth-order valence-corrected chi connectivity index (χ4v) is 3.87. The van der Waals surface area contributed by atoms with Crippen molar-refractivity contribution in [2.45, 2.75) is 39.7 Å². The van der Waals surface area contributed by atoms with E-state index in [9.17, 15) is 4.79 Å². The molecule has 1 amide bonds. The van der Waals surface area contributed by atoms with Gasteiger partial charge in [-0.3, -0.25) is 9.69 Å². The Balaban J connectivity index is 1.67. The Morgan fingerprint density at radius 2 is 1.87 bits per heavy atom. The molecule has 1 aromatic carbocycles. The number of thiazole rings is 1. The molecule has 122 valence electrons. The molecule has 0 unspecified atom stereocenters. The molecular formula is C18H23N3OS. The van der Waals surface area contributed by atoms with Gasteiger partial charge in [0.15, 0.2) is 0 Å². The van der Waals surface area contributed by atoms with Crippen LogP contribution in [0, 0.1) is 13.8 Å². The Hall–Kier alpha value is -1.72. The van der Waals surface area contributed by atoms with Gasteiger partial charge in [-0.05, 0) is 51.9 Å². The first-order chi connectivity index (χ1) is 11.1. The van der Waals surface area contributed by atoms with Gasteiger partial charge in [-0.15, -0.1) is 11.3 Å². The van der Waals surface area contributed by atoms with Crippen molar-refractivity contribution in [2.24, 2.45) is 0 Å². The highest BCUT2D eigenvalue weighted by Gasteiger charge is 2.18. The zero-order valence-electron chi connectivity index (χ0n) is 13.8. The topological polar surface area (TPSA) is 45.2 Å². The quantitative estimate of drug-likeness (QED) is 0.922. The molecule has 23 heavy (non-hydrogen) atoms. The monoisotopic (exact) mass is 329 g/mol. The number of hydrogen-bond acceptors (Lipinski definition) is 4. The maximum atomic E-state index is 12.5. The normalized spacial score (nSPS) is 15.6. The van der Waals surface area contributed by atoms with Gasteiger partial charge in [0.05, 0.1) is 12.2 Å². The summed E-state index contributed by atoms with van der Waals surface area (Å²) in [6.45, 7) is 7.10. The SMILES string of the molecule is Cc1ccc(NC(=O)c2sc(CN3CCCCC3)nc2C)cc1. The molecule has 2 heterocycles. The minimum absolute atomic E-state index is 0.0613. The minimum Gasteiger partial charge on any atom is -0.321 e. The lowest BCUT2D eigenvalue weighted by Crippen LogP contribution is -2.28. The Morgan fingerprint density at radius 3 is 2.57 bits per heavy atom. The van der Waals surface area contributed by atoms with Gasteiger partial charge in [0.2, 0.25) is 0 Å². The van der Waals surface area contributed by atoms with Crippen molar-refractivity contribution in [1.29, 1.82) is 0 Å². The molecule has 0 bridgehead atoms. The van der Waals surface area contributed by atoms with Crippen LogP contribution in [0.4, 0.5) is 5.69 Å². The summed E-state index contributed by atoms with van der Waals surface area (Å²) < 4.78 is 0. The number of carbonyl (C=O) groups is 1. The van der Waals surface area contributed by atoms with Gasteiger partial charge >= 0.3 is 0 Å². The van der Waals surface area contributed by atoms with Crippen LogP contribution in [0.5, 0.6) is 0 Å². The largest absolute Gasteiger partial charge is 0.321 e. The van der Waals surface area contributed by atoms with Crippen LogP contribution in [0.15, 0.2) is 24.3 Å². The van der Waals surface area contributed by atoms with Gasteiger partial charge < -0.3 is 5.32 Å². The predicted molar refractivity (Wildman–Crippen MR) is 95.1 cm³/mol. The number of piperidine rings is 1. The summed E-state index contributed by atoms with van der Waals surface area (Å²) in [5.74, 6) is -0.0613. The number of anilines is 1. The Kier molecular flexibility index (Phi) is 5.08. The predicted octanol–water partition coefficient (Wildman–Crippen LogP) is 4.00. The second-order valence-corrected chi connectivity index (χ2v) is 7.26. The zero-order chi connectivity index (χ0) is 16.2. The Labute approximate surface area is 141 Å². The van der Waals surface area contributed by atoms with Gasteiger partial charge in [-0.2, -0.15) is 0 Å². The average molecular weight is 329 g/mol.